The first kappa shape index (κ1) is 28.9. The lowest BCUT2D eigenvalue weighted by Gasteiger charge is -2.24. The normalized spacial score (nSPS) is 14.9. The number of allylic oxidation sites excluding steroid dienone is 1. The number of carbonyl (C=O) groups is 1. The van der Waals surface area contributed by atoms with E-state index in [9.17, 15) is 9.59 Å². The SMILES string of the molecule is CCOC(=O)C1=C(C)N=c2s/c(=C\c3cc(Br)c(OCc4ccc(Cl)cc4)c(OC)c3)c(=O)n2[C@@H]1c1ccccc1. The zero-order valence-electron chi connectivity index (χ0n) is 22.5. The Labute approximate surface area is 254 Å². The molecule has 0 spiro atoms. The molecule has 0 saturated heterocycles. The summed E-state index contributed by atoms with van der Waals surface area (Å²) in [5.41, 5.74) is 3.11. The van der Waals surface area contributed by atoms with Crippen molar-refractivity contribution in [1.82, 2.24) is 4.57 Å². The third kappa shape index (κ3) is 6.02. The Morgan fingerprint density at radius 1 is 1.15 bits per heavy atom. The number of halogens is 2. The van der Waals surface area contributed by atoms with Crippen molar-refractivity contribution in [2.45, 2.75) is 26.5 Å². The lowest BCUT2D eigenvalue weighted by atomic mass is 9.96. The lowest BCUT2D eigenvalue weighted by molar-refractivity contribution is -0.139. The van der Waals surface area contributed by atoms with Crippen LogP contribution >= 0.6 is 38.9 Å². The molecule has 1 atom stereocenters. The van der Waals surface area contributed by atoms with Gasteiger partial charge in [0.05, 0.1) is 40.0 Å². The summed E-state index contributed by atoms with van der Waals surface area (Å²) < 4.78 is 19.7. The monoisotopic (exact) mass is 652 g/mol. The standard InChI is InChI=1S/C31H26BrClN2O5S/c1-4-39-30(37)26-18(2)34-31-35(27(26)21-8-6-5-7-9-21)29(36)25(41-31)16-20-14-23(32)28(24(15-20)38-3)40-17-19-10-12-22(33)13-11-19/h5-16,27H,4,17H2,1-3H3/b25-16-/t27-/m1/s1. The van der Waals surface area contributed by atoms with Crippen molar-refractivity contribution in [3.05, 3.63) is 124 Å². The third-order valence-electron chi connectivity index (χ3n) is 6.48. The quantitative estimate of drug-likeness (QED) is 0.225. The molecule has 1 aliphatic heterocycles. The molecule has 10 heteroatoms. The Morgan fingerprint density at radius 2 is 1.88 bits per heavy atom. The molecule has 0 fully saturated rings. The minimum Gasteiger partial charge on any atom is -0.493 e. The van der Waals surface area contributed by atoms with Crippen LogP contribution in [0.5, 0.6) is 11.5 Å². The van der Waals surface area contributed by atoms with Crippen LogP contribution in [0.4, 0.5) is 0 Å². The molecule has 1 aromatic heterocycles. The summed E-state index contributed by atoms with van der Waals surface area (Å²) in [5, 5.41) is 0.657. The molecule has 41 heavy (non-hydrogen) atoms. The third-order valence-corrected chi connectivity index (χ3v) is 8.30. The molecule has 0 aliphatic carbocycles. The molecule has 0 bridgehead atoms. The van der Waals surface area contributed by atoms with Gasteiger partial charge in [-0.1, -0.05) is 65.4 Å². The zero-order chi connectivity index (χ0) is 29.1. The van der Waals surface area contributed by atoms with Gasteiger partial charge in [-0.3, -0.25) is 9.36 Å². The van der Waals surface area contributed by atoms with E-state index >= 15 is 0 Å². The number of thiazole rings is 1. The molecule has 2 heterocycles. The second-order valence-electron chi connectivity index (χ2n) is 9.16. The number of benzene rings is 3. The molecule has 0 unspecified atom stereocenters. The fourth-order valence-electron chi connectivity index (χ4n) is 4.59. The highest BCUT2D eigenvalue weighted by atomic mass is 79.9. The number of esters is 1. The van der Waals surface area contributed by atoms with Crippen LogP contribution in [0.1, 0.15) is 36.6 Å². The van der Waals surface area contributed by atoms with Gasteiger partial charge in [-0.25, -0.2) is 9.79 Å². The van der Waals surface area contributed by atoms with Gasteiger partial charge >= 0.3 is 5.97 Å². The van der Waals surface area contributed by atoms with E-state index in [1.807, 2.05) is 66.7 Å². The van der Waals surface area contributed by atoms with Crippen LogP contribution in [0.25, 0.3) is 6.08 Å². The van der Waals surface area contributed by atoms with E-state index < -0.39 is 12.0 Å². The number of methoxy groups -OCH3 is 1. The molecule has 0 saturated carbocycles. The average Bonchev–Trinajstić information content (AvgIpc) is 3.26. The van der Waals surface area contributed by atoms with Gasteiger partial charge in [0.15, 0.2) is 16.3 Å². The van der Waals surface area contributed by atoms with E-state index in [2.05, 4.69) is 20.9 Å². The molecule has 0 amide bonds. The molecule has 5 rings (SSSR count). The van der Waals surface area contributed by atoms with E-state index in [1.54, 1.807) is 31.6 Å². The maximum absolute atomic E-state index is 13.9. The summed E-state index contributed by atoms with van der Waals surface area (Å²) >= 11 is 10.8. The van der Waals surface area contributed by atoms with Crippen molar-refractivity contribution in [2.75, 3.05) is 13.7 Å². The molecule has 0 N–H and O–H groups in total. The highest BCUT2D eigenvalue weighted by Crippen LogP contribution is 2.37. The van der Waals surface area contributed by atoms with Gasteiger partial charge in [-0.05, 0) is 76.8 Å². The number of fused-ring (bicyclic) bond motifs is 1. The molecule has 210 valence electrons. The first-order valence-electron chi connectivity index (χ1n) is 12.8. The first-order chi connectivity index (χ1) is 19.8. The van der Waals surface area contributed by atoms with Crippen molar-refractivity contribution in [2.24, 2.45) is 4.99 Å². The van der Waals surface area contributed by atoms with Crippen LogP contribution in [-0.4, -0.2) is 24.3 Å². The van der Waals surface area contributed by atoms with Crippen molar-refractivity contribution in [3.63, 3.8) is 0 Å². The van der Waals surface area contributed by atoms with E-state index in [1.165, 1.54) is 11.3 Å². The van der Waals surface area contributed by atoms with E-state index in [0.29, 0.717) is 48.2 Å². The highest BCUT2D eigenvalue weighted by Gasteiger charge is 2.33. The van der Waals surface area contributed by atoms with E-state index in [-0.39, 0.29) is 12.2 Å². The maximum Gasteiger partial charge on any atom is 0.338 e. The minimum absolute atomic E-state index is 0.220. The predicted molar refractivity (Wildman–Crippen MR) is 163 cm³/mol. The number of carbonyl (C=O) groups excluding carboxylic acids is 1. The number of hydrogen-bond donors (Lipinski definition) is 0. The summed E-state index contributed by atoms with van der Waals surface area (Å²) in [6, 6.07) is 19.9. The van der Waals surface area contributed by atoms with Crippen molar-refractivity contribution < 1.29 is 19.0 Å². The molecule has 1 aliphatic rings. The Hall–Kier alpha value is -3.66. The molecule has 0 radical (unpaired) electrons. The molecule has 4 aromatic rings. The van der Waals surface area contributed by atoms with Gasteiger partial charge in [-0.15, -0.1) is 0 Å². The van der Waals surface area contributed by atoms with Gasteiger partial charge in [0, 0.05) is 5.02 Å². The first-order valence-corrected chi connectivity index (χ1v) is 14.8. The molecular formula is C31H26BrClN2O5S. The van der Waals surface area contributed by atoms with Gasteiger partial charge in [0.2, 0.25) is 0 Å². The van der Waals surface area contributed by atoms with Crippen molar-refractivity contribution in [3.8, 4) is 11.5 Å². The topological polar surface area (TPSA) is 79.1 Å². The Kier molecular flexibility index (Phi) is 8.77. The number of rotatable bonds is 8. The van der Waals surface area contributed by atoms with Crippen LogP contribution in [-0.2, 0) is 16.1 Å². The molecule has 3 aromatic carbocycles. The summed E-state index contributed by atoms with van der Waals surface area (Å²) in [7, 11) is 1.56. The van der Waals surface area contributed by atoms with Gasteiger partial charge in [0.25, 0.3) is 5.56 Å². The second kappa shape index (κ2) is 12.5. The van der Waals surface area contributed by atoms with E-state index in [0.717, 1.165) is 16.7 Å². The molecule has 7 nitrogen and oxygen atoms in total. The smallest absolute Gasteiger partial charge is 0.338 e. The minimum atomic E-state index is -0.654. The summed E-state index contributed by atoms with van der Waals surface area (Å²) in [5.74, 6) is 0.564. The number of nitrogens with zero attached hydrogens (tertiary/aromatic N) is 2. The fourth-order valence-corrected chi connectivity index (χ4v) is 6.34. The van der Waals surface area contributed by atoms with Gasteiger partial charge in [0.1, 0.15) is 6.61 Å². The Morgan fingerprint density at radius 3 is 2.56 bits per heavy atom. The predicted octanol–water partition coefficient (Wildman–Crippen LogP) is 5.80. The van der Waals surface area contributed by atoms with Crippen LogP contribution in [0, 0.1) is 0 Å². The van der Waals surface area contributed by atoms with Gasteiger partial charge < -0.3 is 14.2 Å². The number of ether oxygens (including phenoxy) is 3. The molecular weight excluding hydrogens is 628 g/mol. The lowest BCUT2D eigenvalue weighted by Crippen LogP contribution is -2.39. The largest absolute Gasteiger partial charge is 0.493 e. The van der Waals surface area contributed by atoms with Crippen LogP contribution in [0.15, 0.2) is 92.3 Å². The maximum atomic E-state index is 13.9. The van der Waals surface area contributed by atoms with Gasteiger partial charge in [-0.2, -0.15) is 0 Å². The zero-order valence-corrected chi connectivity index (χ0v) is 25.7. The highest BCUT2D eigenvalue weighted by molar-refractivity contribution is 9.10. The van der Waals surface area contributed by atoms with Crippen LogP contribution in [0.2, 0.25) is 5.02 Å². The fraction of sp³-hybridized carbons (Fsp3) is 0.194. The van der Waals surface area contributed by atoms with E-state index in [4.69, 9.17) is 25.8 Å². The number of hydrogen-bond acceptors (Lipinski definition) is 7. The Bertz CT molecular complexity index is 1810. The van der Waals surface area contributed by atoms with Crippen LogP contribution in [0.3, 0.4) is 0 Å². The average molecular weight is 654 g/mol. The summed E-state index contributed by atoms with van der Waals surface area (Å²) in [4.78, 5) is 32.0. The second-order valence-corrected chi connectivity index (χ2v) is 11.5. The van der Waals surface area contributed by atoms with Crippen molar-refractivity contribution >= 4 is 50.9 Å². The summed E-state index contributed by atoms with van der Waals surface area (Å²) in [6.07, 6.45) is 1.78. The summed E-state index contributed by atoms with van der Waals surface area (Å²) in [6.45, 7) is 4.06. The Balaban J connectivity index is 1.56. The van der Waals surface area contributed by atoms with Crippen molar-refractivity contribution in [1.29, 1.82) is 0 Å². The van der Waals surface area contributed by atoms with Crippen LogP contribution < -0.4 is 24.4 Å². The number of aromatic nitrogens is 1.